The van der Waals surface area contributed by atoms with Crippen LogP contribution in [0.2, 0.25) is 0 Å². The van der Waals surface area contributed by atoms with Gasteiger partial charge in [-0.05, 0) is 33.9 Å². The van der Waals surface area contributed by atoms with Crippen molar-refractivity contribution in [1.29, 1.82) is 0 Å². The number of halogens is 8. The molecule has 0 heterocycles. The summed E-state index contributed by atoms with van der Waals surface area (Å²) in [5.41, 5.74) is 2.92. The summed E-state index contributed by atoms with van der Waals surface area (Å²) < 4.78 is 82.9. The fourth-order valence-electron chi connectivity index (χ4n) is 5.73. The van der Waals surface area contributed by atoms with Gasteiger partial charge in [-0.25, -0.2) is 0 Å². The number of benzene rings is 4. The van der Waals surface area contributed by atoms with Crippen LogP contribution in [0.1, 0.15) is 46.2 Å². The predicted molar refractivity (Wildman–Crippen MR) is 142 cm³/mol. The van der Waals surface area contributed by atoms with E-state index in [1.807, 2.05) is 72.8 Å². The summed E-state index contributed by atoms with van der Waals surface area (Å²) in [6.07, 6.45) is -9.88. The van der Waals surface area contributed by atoms with Crippen molar-refractivity contribution in [3.63, 3.8) is 0 Å². The van der Waals surface area contributed by atoms with E-state index in [2.05, 4.69) is 6.92 Å². The van der Waals surface area contributed by atoms with Crippen molar-refractivity contribution in [2.45, 2.75) is 25.2 Å². The minimum absolute atomic E-state index is 0. The maximum atomic E-state index is 13.8. The summed E-state index contributed by atoms with van der Waals surface area (Å²) >= 11 is 0. The SMILES string of the molecule is CC1C(c2ccccc2)=C(c2c(-c3cc(C(F)(F)F)cc(C(F)(F)F)c3)[cH-]c3ccccc23)c2ccccc21.[Cl-].[Cl-].[Hf]. The Labute approximate surface area is 270 Å². The number of allylic oxidation sites excluding steroid dienone is 1. The first-order chi connectivity index (χ1) is 18.5. The summed E-state index contributed by atoms with van der Waals surface area (Å²) in [4.78, 5) is 0. The average molecular weight is 781 g/mol. The molecule has 1 aliphatic rings. The van der Waals surface area contributed by atoms with Crippen LogP contribution in [-0.4, -0.2) is 0 Å². The van der Waals surface area contributed by atoms with Gasteiger partial charge in [0.15, 0.2) is 0 Å². The first-order valence-corrected chi connectivity index (χ1v) is 12.4. The van der Waals surface area contributed by atoms with E-state index in [9.17, 15) is 26.3 Å². The zero-order chi connectivity index (χ0) is 27.5. The van der Waals surface area contributed by atoms with Gasteiger partial charge < -0.3 is 24.8 Å². The van der Waals surface area contributed by atoms with Gasteiger partial charge in [0.05, 0.1) is 0 Å². The molecule has 42 heavy (non-hydrogen) atoms. The van der Waals surface area contributed by atoms with Gasteiger partial charge in [0.25, 0.3) is 0 Å². The molecule has 1 aliphatic carbocycles. The molecule has 0 saturated heterocycles. The van der Waals surface area contributed by atoms with Crippen LogP contribution in [0.15, 0.2) is 103 Å². The average Bonchev–Trinajstić information content (AvgIpc) is 3.43. The Hall–Kier alpha value is -2.74. The Morgan fingerprint density at radius 2 is 1.19 bits per heavy atom. The van der Waals surface area contributed by atoms with E-state index in [-0.39, 0.29) is 68.2 Å². The Kier molecular flexibility index (Phi) is 10.0. The minimum Gasteiger partial charge on any atom is -1.00 e. The Bertz CT molecular complexity index is 1720. The molecule has 0 aliphatic heterocycles. The topological polar surface area (TPSA) is 0 Å². The van der Waals surface area contributed by atoms with Gasteiger partial charge in [-0.15, -0.1) is 34.0 Å². The van der Waals surface area contributed by atoms with Crippen molar-refractivity contribution in [1.82, 2.24) is 0 Å². The standard InChI is InChI=1S/C33H21F6.2ClH.Hf/c1-19-25-12-7-8-14-27(25)31(29(19)20-9-3-2-4-10-20)30-26-13-6-5-11-21(26)17-28(30)22-15-23(32(34,35)36)18-24(16-22)33(37,38)39;;;/h2-19H,1H3;2*1H;/q-1;;;/p-2. The van der Waals surface area contributed by atoms with E-state index in [0.29, 0.717) is 11.1 Å². The first kappa shape index (κ1) is 33.8. The van der Waals surface area contributed by atoms with Crippen LogP contribution < -0.4 is 24.8 Å². The van der Waals surface area contributed by atoms with Crippen LogP contribution in [0.4, 0.5) is 26.3 Å². The maximum Gasteiger partial charge on any atom is 0.415 e. The molecule has 0 spiro atoms. The Balaban J connectivity index is 0.00000161. The van der Waals surface area contributed by atoms with Crippen molar-refractivity contribution in [3.05, 3.63) is 137 Å². The third-order valence-corrected chi connectivity index (χ3v) is 7.43. The number of rotatable bonds is 3. The van der Waals surface area contributed by atoms with Crippen LogP contribution in [0.3, 0.4) is 0 Å². The van der Waals surface area contributed by atoms with Gasteiger partial charge in [0.2, 0.25) is 0 Å². The molecular weight excluding hydrogens is 760 g/mol. The van der Waals surface area contributed by atoms with Gasteiger partial charge in [-0.3, -0.25) is 0 Å². The largest absolute Gasteiger partial charge is 1.00 e. The summed E-state index contributed by atoms with van der Waals surface area (Å²) in [5, 5.41) is 1.51. The van der Waals surface area contributed by atoms with Crippen molar-refractivity contribution in [2.75, 3.05) is 0 Å². The summed E-state index contributed by atoms with van der Waals surface area (Å²) in [6, 6.07) is 28.4. The quantitative estimate of drug-likeness (QED) is 0.145. The molecule has 0 N–H and O–H groups in total. The molecular formula is C33H21Cl2F6Hf-3. The normalized spacial score (nSPS) is 14.6. The van der Waals surface area contributed by atoms with E-state index in [4.69, 9.17) is 0 Å². The summed E-state index contributed by atoms with van der Waals surface area (Å²) in [5.74, 6) is -0.0349. The molecule has 0 amide bonds. The summed E-state index contributed by atoms with van der Waals surface area (Å²) in [6.45, 7) is 2.07. The Morgan fingerprint density at radius 1 is 0.643 bits per heavy atom. The molecule has 1 unspecified atom stereocenters. The summed E-state index contributed by atoms with van der Waals surface area (Å²) in [7, 11) is 0. The van der Waals surface area contributed by atoms with Crippen LogP contribution >= 0.6 is 0 Å². The van der Waals surface area contributed by atoms with E-state index in [1.165, 1.54) is 0 Å². The van der Waals surface area contributed by atoms with E-state index < -0.39 is 23.5 Å². The smallest absolute Gasteiger partial charge is 0.415 e. The predicted octanol–water partition coefficient (Wildman–Crippen LogP) is 4.35. The monoisotopic (exact) mass is 781 g/mol. The molecule has 216 valence electrons. The maximum absolute atomic E-state index is 13.8. The molecule has 0 aromatic heterocycles. The number of hydrogen-bond acceptors (Lipinski definition) is 0. The van der Waals surface area contributed by atoms with E-state index >= 15 is 0 Å². The number of hydrogen-bond donors (Lipinski definition) is 0. The molecule has 1 atom stereocenters. The van der Waals surface area contributed by atoms with Crippen molar-refractivity contribution in [2.24, 2.45) is 0 Å². The minimum atomic E-state index is -4.94. The van der Waals surface area contributed by atoms with Crippen molar-refractivity contribution < 1.29 is 77.0 Å². The zero-order valence-electron chi connectivity index (χ0n) is 21.9. The second-order valence-corrected chi connectivity index (χ2v) is 9.78. The number of alkyl halides is 6. The van der Waals surface area contributed by atoms with Gasteiger partial charge in [-0.2, -0.15) is 26.3 Å². The van der Waals surface area contributed by atoms with Gasteiger partial charge in [0, 0.05) is 42.9 Å². The van der Waals surface area contributed by atoms with Crippen LogP contribution in [0.25, 0.3) is 33.0 Å². The molecule has 9 heteroatoms. The van der Waals surface area contributed by atoms with Crippen LogP contribution in [0, 0.1) is 0 Å². The third kappa shape index (κ3) is 5.88. The third-order valence-electron chi connectivity index (χ3n) is 7.43. The molecule has 0 radical (unpaired) electrons. The molecule has 0 saturated carbocycles. The Morgan fingerprint density at radius 3 is 1.81 bits per heavy atom. The van der Waals surface area contributed by atoms with Gasteiger partial charge >= 0.3 is 12.4 Å². The molecule has 6 rings (SSSR count). The second-order valence-electron chi connectivity index (χ2n) is 9.78. The fraction of sp³-hybridized carbons (Fsp3) is 0.121. The number of fused-ring (bicyclic) bond motifs is 2. The van der Waals surface area contributed by atoms with Crippen molar-refractivity contribution >= 4 is 21.9 Å². The molecule has 5 aromatic carbocycles. The second kappa shape index (κ2) is 12.5. The van der Waals surface area contributed by atoms with Crippen molar-refractivity contribution in [3.8, 4) is 11.1 Å². The fourth-order valence-corrected chi connectivity index (χ4v) is 5.73. The van der Waals surface area contributed by atoms with Gasteiger partial charge in [0.1, 0.15) is 0 Å². The first-order valence-electron chi connectivity index (χ1n) is 12.4. The molecule has 5 aromatic rings. The molecule has 0 bridgehead atoms. The zero-order valence-corrected chi connectivity index (χ0v) is 27.0. The van der Waals surface area contributed by atoms with E-state index in [0.717, 1.165) is 50.7 Å². The van der Waals surface area contributed by atoms with Gasteiger partial charge in [-0.1, -0.05) is 97.4 Å². The van der Waals surface area contributed by atoms with Crippen LogP contribution in [0.5, 0.6) is 0 Å². The molecule has 0 fully saturated rings. The van der Waals surface area contributed by atoms with E-state index in [1.54, 1.807) is 12.1 Å². The van der Waals surface area contributed by atoms with Crippen LogP contribution in [-0.2, 0) is 38.2 Å². The molecule has 0 nitrogen and oxygen atoms in total.